The summed E-state index contributed by atoms with van der Waals surface area (Å²) in [6.07, 6.45) is 1.04. The Morgan fingerprint density at radius 3 is 1.43 bits per heavy atom. The number of aliphatic hydroxyl groups is 1. The van der Waals surface area contributed by atoms with Gasteiger partial charge in [-0.15, -0.1) is 0 Å². The Bertz CT molecular complexity index is 3190. The Kier molecular flexibility index (Phi) is 24.7. The van der Waals surface area contributed by atoms with Crippen LogP contribution in [0.5, 0.6) is 0 Å². The molecule has 2 aromatic heterocycles. The largest absolute Gasteiger partial charge is 0.481 e. The number of hydrogen-bond donors (Lipinski definition) is 16. The van der Waals surface area contributed by atoms with Gasteiger partial charge in [-0.3, -0.25) is 52.7 Å². The summed E-state index contributed by atoms with van der Waals surface area (Å²) in [5, 5.41) is 59.1. The molecule has 0 radical (unpaired) electrons. The van der Waals surface area contributed by atoms with Gasteiger partial charge >= 0.3 is 17.9 Å². The van der Waals surface area contributed by atoms with E-state index in [9.17, 15) is 78.0 Å². The molecule has 0 saturated heterocycles. The molecule has 0 aliphatic carbocycles. The van der Waals surface area contributed by atoms with Crippen LogP contribution in [0.25, 0.3) is 21.8 Å². The number of primary amides is 1. The number of carboxylic acids is 3. The van der Waals surface area contributed by atoms with Crippen LogP contribution < -0.4 is 54.0 Å². The van der Waals surface area contributed by atoms with Crippen LogP contribution in [0.15, 0.2) is 91.3 Å². The molecule has 3 aromatic carbocycles. The number of aliphatic hydroxyl groups excluding tert-OH is 1. The molecule has 0 fully saturated rings. The second-order valence-corrected chi connectivity index (χ2v) is 20.6. The molecule has 0 spiro atoms. The fourth-order valence-corrected chi connectivity index (χ4v) is 9.22. The molecule has 2 heterocycles. The van der Waals surface area contributed by atoms with Gasteiger partial charge in [0.1, 0.15) is 54.4 Å². The van der Waals surface area contributed by atoms with E-state index in [1.807, 2.05) is 5.32 Å². The van der Waals surface area contributed by atoms with Crippen molar-refractivity contribution in [1.29, 1.82) is 0 Å². The minimum atomic E-state index is -1.98. The number of carbonyl (C=O) groups excluding carboxylic acids is 9. The van der Waals surface area contributed by atoms with Gasteiger partial charge in [0.2, 0.25) is 53.2 Å². The van der Waals surface area contributed by atoms with E-state index < -0.39 is 158 Å². The van der Waals surface area contributed by atoms with Crippen molar-refractivity contribution in [2.45, 2.75) is 113 Å². The molecule has 0 aliphatic rings. The molecule has 18 N–H and O–H groups in total. The van der Waals surface area contributed by atoms with E-state index in [-0.39, 0.29) is 25.7 Å². The van der Waals surface area contributed by atoms with Crippen LogP contribution in [0, 0.1) is 0 Å². The van der Waals surface area contributed by atoms with Crippen molar-refractivity contribution in [1.82, 2.24) is 52.5 Å². The van der Waals surface area contributed by atoms with E-state index in [1.54, 1.807) is 97.5 Å². The monoisotopic (exact) mass is 1180 g/mol. The highest BCUT2D eigenvalue weighted by Gasteiger charge is 2.36. The van der Waals surface area contributed by atoms with Gasteiger partial charge in [0.15, 0.2) is 0 Å². The lowest BCUT2D eigenvalue weighted by Crippen LogP contribution is -2.61. The molecule has 5 aromatic rings. The molecule has 9 atom stereocenters. The number of fused-ring (bicyclic) bond motifs is 2. The second-order valence-electron chi connectivity index (χ2n) is 19.6. The Balaban J connectivity index is 1.41. The second kappa shape index (κ2) is 31.7. The first-order valence-electron chi connectivity index (χ1n) is 26.3. The maximum absolute atomic E-state index is 14.5. The van der Waals surface area contributed by atoms with Gasteiger partial charge in [0, 0.05) is 59.9 Å². The van der Waals surface area contributed by atoms with Crippen LogP contribution in [0.4, 0.5) is 0 Å². The van der Waals surface area contributed by atoms with Crippen molar-refractivity contribution < 1.29 is 78.0 Å². The van der Waals surface area contributed by atoms with Crippen LogP contribution in [0.3, 0.4) is 0 Å². The zero-order valence-electron chi connectivity index (χ0n) is 45.7. The Morgan fingerprint density at radius 2 is 0.929 bits per heavy atom. The number of carboxylic acid groups (broad SMARTS) is 3. The van der Waals surface area contributed by atoms with Crippen molar-refractivity contribution >= 4 is 105 Å². The molecule has 0 bridgehead atoms. The topological polar surface area (TPSA) is 466 Å². The van der Waals surface area contributed by atoms with Crippen LogP contribution >= 0.6 is 11.8 Å². The normalized spacial score (nSPS) is 14.3. The van der Waals surface area contributed by atoms with Crippen LogP contribution in [0.2, 0.25) is 0 Å². The molecule has 0 unspecified atom stereocenters. The smallest absolute Gasteiger partial charge is 0.326 e. The number of para-hydroxylation sites is 2. The summed E-state index contributed by atoms with van der Waals surface area (Å²) in [6.45, 7) is 0.384. The van der Waals surface area contributed by atoms with E-state index in [4.69, 9.17) is 11.5 Å². The number of carbonyl (C=O) groups is 12. The predicted molar refractivity (Wildman–Crippen MR) is 304 cm³/mol. The number of H-pyrrole nitrogens is 2. The number of aromatic nitrogens is 2. The highest BCUT2D eigenvalue weighted by atomic mass is 32.2. The number of amides is 9. The third-order valence-corrected chi connectivity index (χ3v) is 13.9. The van der Waals surface area contributed by atoms with E-state index in [1.165, 1.54) is 18.7 Å². The highest BCUT2D eigenvalue weighted by molar-refractivity contribution is 7.98. The average molecular weight is 1190 g/mol. The molecule has 5 rings (SSSR count). The number of benzene rings is 3. The van der Waals surface area contributed by atoms with Gasteiger partial charge in [-0.05, 0) is 60.6 Å². The highest BCUT2D eigenvalue weighted by Crippen LogP contribution is 2.21. The summed E-state index contributed by atoms with van der Waals surface area (Å²) in [4.78, 5) is 165. The maximum atomic E-state index is 14.5. The Hall–Kier alpha value is -9.35. The molecule has 28 nitrogen and oxygen atoms in total. The Labute approximate surface area is 484 Å². The zero-order chi connectivity index (χ0) is 61.6. The number of thioether (sulfide) groups is 1. The van der Waals surface area contributed by atoms with Crippen molar-refractivity contribution in [2.24, 2.45) is 11.5 Å². The SMILES string of the molecule is CSCC[C@H](NC(=O)[C@H](Cc1c[nH]c2ccccc12)NC(=O)[C@H](C)NC(=O)[C@H](Cc1c[nH]c2ccccc12)NC(=O)[C@H](CCC(=O)O)NC(=O)[C@H](CC(N)=O)NC(=O)[C@H](CC(=O)O)NC(=O)[C@@H](N)CO)C(=O)N[C@@H](Cc1ccccc1)C(=O)O. The lowest BCUT2D eigenvalue weighted by atomic mass is 10.0. The molecule has 84 heavy (non-hydrogen) atoms. The van der Waals surface area contributed by atoms with E-state index >= 15 is 0 Å². The van der Waals surface area contributed by atoms with Gasteiger partial charge in [-0.2, -0.15) is 11.8 Å². The van der Waals surface area contributed by atoms with E-state index in [0.717, 1.165) is 0 Å². The number of nitrogens with two attached hydrogens (primary N) is 2. The van der Waals surface area contributed by atoms with Gasteiger partial charge < -0.3 is 84.4 Å². The first-order valence-corrected chi connectivity index (χ1v) is 27.7. The predicted octanol–water partition coefficient (Wildman–Crippen LogP) is -2.05. The standard InChI is InChI=1S/C55H68N12O16S/c1-28(47(74)63-40(22-31-26-59-36-15-9-7-13-33(31)36)52(79)62-38(18-19-84-2)50(77)67-43(55(82)83)20-29-10-4-3-5-11-29)60-51(78)39(21-30-25-58-35-14-8-6-12-32(30)35)65-49(76)37(16-17-45(70)71)61-53(80)41(23-44(57)69)66-54(81)42(24-46(72)73)64-48(75)34(56)27-68/h3-15,25-26,28,34,37-43,58-59,68H,16-24,27,56H2,1-2H3,(H2,57,69)(H,60,78)(H,61,80)(H,62,79)(H,63,74)(H,64,75)(H,65,76)(H,66,81)(H,67,77)(H,70,71)(H,72,73)(H,82,83)/t28-,34-,37-,38-,39-,40-,41-,42-,43-/m0/s1. The van der Waals surface area contributed by atoms with Crippen LogP contribution in [-0.4, -0.2) is 174 Å². The van der Waals surface area contributed by atoms with Crippen molar-refractivity contribution in [3.63, 3.8) is 0 Å². The lowest BCUT2D eigenvalue weighted by molar-refractivity contribution is -0.142. The van der Waals surface area contributed by atoms with Gasteiger partial charge in [0.25, 0.3) is 0 Å². The number of aliphatic carboxylic acids is 3. The molecule has 0 aliphatic heterocycles. The van der Waals surface area contributed by atoms with Crippen molar-refractivity contribution in [3.8, 4) is 0 Å². The minimum absolute atomic E-state index is 0.0596. The lowest BCUT2D eigenvalue weighted by Gasteiger charge is -2.27. The molecule has 9 amide bonds. The van der Waals surface area contributed by atoms with Gasteiger partial charge in [-0.1, -0.05) is 66.7 Å². The summed E-state index contributed by atoms with van der Waals surface area (Å²) in [5.41, 5.74) is 13.9. The zero-order valence-corrected chi connectivity index (χ0v) is 46.5. The third kappa shape index (κ3) is 19.7. The summed E-state index contributed by atoms with van der Waals surface area (Å²) >= 11 is 1.36. The van der Waals surface area contributed by atoms with Crippen molar-refractivity contribution in [2.75, 3.05) is 18.6 Å². The first-order chi connectivity index (χ1) is 40.0. The minimum Gasteiger partial charge on any atom is -0.481 e. The summed E-state index contributed by atoms with van der Waals surface area (Å²) in [7, 11) is 0. The number of hydrogen-bond acceptors (Lipinski definition) is 15. The molecule has 29 heteroatoms. The summed E-state index contributed by atoms with van der Waals surface area (Å²) in [6, 6.07) is 8.09. The average Bonchev–Trinajstić information content (AvgIpc) is 4.30. The van der Waals surface area contributed by atoms with Crippen LogP contribution in [-0.2, 0) is 76.8 Å². The fourth-order valence-electron chi connectivity index (χ4n) is 8.74. The number of nitrogens with one attached hydrogen (secondary N) is 10. The fraction of sp³-hybridized carbons (Fsp3) is 0.382. The van der Waals surface area contributed by atoms with Crippen molar-refractivity contribution in [3.05, 3.63) is 108 Å². The third-order valence-electron chi connectivity index (χ3n) is 13.2. The molecular weight excluding hydrogens is 1120 g/mol. The number of aromatic amines is 2. The quantitative estimate of drug-likeness (QED) is 0.0211. The molecule has 450 valence electrons. The molecular formula is C55H68N12O16S. The van der Waals surface area contributed by atoms with Crippen LogP contribution in [0.1, 0.15) is 55.7 Å². The number of rotatable bonds is 34. The summed E-state index contributed by atoms with van der Waals surface area (Å²) < 4.78 is 0. The maximum Gasteiger partial charge on any atom is 0.326 e. The first kappa shape index (κ1) is 65.5. The Morgan fingerprint density at radius 1 is 0.500 bits per heavy atom. The van der Waals surface area contributed by atoms with E-state index in [2.05, 4.69) is 47.2 Å². The van der Waals surface area contributed by atoms with Gasteiger partial charge in [-0.25, -0.2) is 4.79 Å². The van der Waals surface area contributed by atoms with E-state index in [0.29, 0.717) is 44.2 Å². The summed E-state index contributed by atoms with van der Waals surface area (Å²) in [5.74, 6) is -13.7. The molecule has 0 saturated carbocycles. The van der Waals surface area contributed by atoms with Gasteiger partial charge in [0.05, 0.1) is 19.4 Å².